The zero-order valence-corrected chi connectivity index (χ0v) is 16.5. The highest BCUT2D eigenvalue weighted by atomic mass is 35.5. The second kappa shape index (κ2) is 7.80. The van der Waals surface area contributed by atoms with Crippen LogP contribution in [0.2, 0.25) is 9.36 Å². The molecule has 2 N–H and O–H groups in total. The Morgan fingerprint density at radius 2 is 2.00 bits per heavy atom. The van der Waals surface area contributed by atoms with Crippen LogP contribution < -0.4 is 15.4 Å². The lowest BCUT2D eigenvalue weighted by molar-refractivity contribution is 0.102. The Kier molecular flexibility index (Phi) is 5.25. The molecule has 0 saturated heterocycles. The van der Waals surface area contributed by atoms with Crippen molar-refractivity contribution < 1.29 is 9.53 Å². The molecule has 27 heavy (non-hydrogen) atoms. The zero-order chi connectivity index (χ0) is 18.8. The average Bonchev–Trinajstić information content (AvgIpc) is 3.29. The highest BCUT2D eigenvalue weighted by Gasteiger charge is 2.16. The number of nitrogens with one attached hydrogen (secondary N) is 2. The Morgan fingerprint density at radius 3 is 2.78 bits per heavy atom. The molecule has 0 spiro atoms. The smallest absolute Gasteiger partial charge is 0.255 e. The lowest BCUT2D eigenvalue weighted by Crippen LogP contribution is -2.12. The van der Waals surface area contributed by atoms with Crippen molar-refractivity contribution in [2.75, 3.05) is 17.2 Å². The predicted molar refractivity (Wildman–Crippen MR) is 112 cm³/mol. The number of carbonyl (C=O) groups excluding carboxylic acids is 1. The van der Waals surface area contributed by atoms with E-state index in [-0.39, 0.29) is 5.91 Å². The molecule has 4 nitrogen and oxygen atoms in total. The first-order valence-electron chi connectivity index (χ1n) is 8.43. The number of rotatable bonds is 5. The van der Waals surface area contributed by atoms with Gasteiger partial charge in [-0.1, -0.05) is 23.2 Å². The Balaban J connectivity index is 1.42. The van der Waals surface area contributed by atoms with Gasteiger partial charge in [0.05, 0.1) is 21.7 Å². The summed E-state index contributed by atoms with van der Waals surface area (Å²) >= 11 is 13.8. The number of thiophene rings is 1. The Bertz CT molecular complexity index is 1000. The van der Waals surface area contributed by atoms with Crippen LogP contribution in [0.5, 0.6) is 5.75 Å². The van der Waals surface area contributed by atoms with Gasteiger partial charge < -0.3 is 15.4 Å². The molecule has 2 heterocycles. The minimum Gasteiger partial charge on any atom is -0.493 e. The molecule has 0 radical (unpaired) electrons. The molecule has 1 aliphatic rings. The van der Waals surface area contributed by atoms with Crippen molar-refractivity contribution in [2.24, 2.45) is 0 Å². The molecule has 0 bridgehead atoms. The number of carbonyl (C=O) groups is 1. The van der Waals surface area contributed by atoms with Gasteiger partial charge in [-0.3, -0.25) is 4.79 Å². The summed E-state index contributed by atoms with van der Waals surface area (Å²) in [5, 5.41) is 6.64. The zero-order valence-electron chi connectivity index (χ0n) is 14.2. The summed E-state index contributed by atoms with van der Waals surface area (Å²) in [5.41, 5.74) is 3.09. The third kappa shape index (κ3) is 4.21. The van der Waals surface area contributed by atoms with E-state index in [0.29, 0.717) is 29.4 Å². The first-order chi connectivity index (χ1) is 13.1. The number of hydrogen-bond donors (Lipinski definition) is 2. The molecule has 4 rings (SSSR count). The molecule has 1 aromatic heterocycles. The lowest BCUT2D eigenvalue weighted by atomic mass is 10.1. The fourth-order valence-corrected chi connectivity index (χ4v) is 4.14. The van der Waals surface area contributed by atoms with E-state index in [4.69, 9.17) is 27.9 Å². The monoisotopic (exact) mass is 418 g/mol. The second-order valence-electron chi connectivity index (χ2n) is 6.13. The van der Waals surface area contributed by atoms with Crippen molar-refractivity contribution in [1.82, 2.24) is 0 Å². The van der Waals surface area contributed by atoms with Crippen LogP contribution in [-0.4, -0.2) is 12.5 Å². The topological polar surface area (TPSA) is 50.4 Å². The summed E-state index contributed by atoms with van der Waals surface area (Å²) in [5.74, 6) is 0.660. The third-order valence-corrected chi connectivity index (χ3v) is 5.81. The summed E-state index contributed by atoms with van der Waals surface area (Å²) in [6.45, 7) is 1.33. The minimum atomic E-state index is -0.194. The molecule has 1 aliphatic heterocycles. The van der Waals surface area contributed by atoms with E-state index >= 15 is 0 Å². The normalized spacial score (nSPS) is 12.4. The van der Waals surface area contributed by atoms with Gasteiger partial charge in [0.1, 0.15) is 5.75 Å². The highest BCUT2D eigenvalue weighted by Crippen LogP contribution is 2.29. The van der Waals surface area contributed by atoms with E-state index in [2.05, 4.69) is 10.6 Å². The van der Waals surface area contributed by atoms with Crippen molar-refractivity contribution in [3.8, 4) is 5.75 Å². The van der Waals surface area contributed by atoms with Crippen LogP contribution >= 0.6 is 34.5 Å². The first-order valence-corrected chi connectivity index (χ1v) is 10.0. The molecule has 2 aromatic carbocycles. The Labute approximate surface area is 171 Å². The van der Waals surface area contributed by atoms with E-state index in [0.717, 1.165) is 32.6 Å². The predicted octanol–water partition coefficient (Wildman–Crippen LogP) is 5.85. The van der Waals surface area contributed by atoms with Gasteiger partial charge in [-0.05, 0) is 54.1 Å². The van der Waals surface area contributed by atoms with Crippen molar-refractivity contribution in [2.45, 2.75) is 13.0 Å². The number of halogens is 2. The SMILES string of the molecule is O=C(Nc1ccc(NCc2ccc(Cl)s2)cc1Cl)c1ccc2c(c1)CCO2. The maximum Gasteiger partial charge on any atom is 0.255 e. The van der Waals surface area contributed by atoms with Crippen LogP contribution in [0.4, 0.5) is 11.4 Å². The highest BCUT2D eigenvalue weighted by molar-refractivity contribution is 7.16. The number of ether oxygens (including phenoxy) is 1. The molecule has 1 amide bonds. The minimum absolute atomic E-state index is 0.194. The first kappa shape index (κ1) is 18.2. The van der Waals surface area contributed by atoms with Crippen molar-refractivity contribution in [1.29, 1.82) is 0 Å². The molecular formula is C20H16Cl2N2O2S. The van der Waals surface area contributed by atoms with Crippen LogP contribution in [0.3, 0.4) is 0 Å². The Hall–Kier alpha value is -2.21. The van der Waals surface area contributed by atoms with Gasteiger partial charge in [-0.25, -0.2) is 0 Å². The maximum absolute atomic E-state index is 12.5. The molecule has 0 fully saturated rings. The van der Waals surface area contributed by atoms with Crippen molar-refractivity contribution in [3.05, 3.63) is 73.9 Å². The number of fused-ring (bicyclic) bond motifs is 1. The van der Waals surface area contributed by atoms with Gasteiger partial charge in [0, 0.05) is 29.1 Å². The fraction of sp³-hybridized carbons (Fsp3) is 0.150. The number of anilines is 2. The summed E-state index contributed by atoms with van der Waals surface area (Å²) in [4.78, 5) is 13.7. The standard InChI is InChI=1S/C20H16Cl2N2O2S/c21-16-10-14(23-11-15-3-6-19(22)27-15)2-4-17(16)24-20(25)13-1-5-18-12(9-13)7-8-26-18/h1-6,9-10,23H,7-8,11H2,(H,24,25). The van der Waals surface area contributed by atoms with Crippen molar-refractivity contribution in [3.63, 3.8) is 0 Å². The second-order valence-corrected chi connectivity index (χ2v) is 8.34. The Morgan fingerprint density at radius 1 is 1.11 bits per heavy atom. The van der Waals surface area contributed by atoms with Gasteiger partial charge in [-0.15, -0.1) is 11.3 Å². The van der Waals surface area contributed by atoms with Gasteiger partial charge in [0.25, 0.3) is 5.91 Å². The molecule has 0 unspecified atom stereocenters. The van der Waals surface area contributed by atoms with E-state index in [9.17, 15) is 4.79 Å². The van der Waals surface area contributed by atoms with Gasteiger partial charge >= 0.3 is 0 Å². The van der Waals surface area contributed by atoms with Crippen LogP contribution in [0, 0.1) is 0 Å². The number of hydrogen-bond acceptors (Lipinski definition) is 4. The summed E-state index contributed by atoms with van der Waals surface area (Å²) in [7, 11) is 0. The van der Waals surface area contributed by atoms with E-state index in [1.54, 1.807) is 18.2 Å². The number of amides is 1. The van der Waals surface area contributed by atoms with Crippen molar-refractivity contribution >= 4 is 51.8 Å². The summed E-state index contributed by atoms with van der Waals surface area (Å²) < 4.78 is 6.24. The van der Waals surface area contributed by atoms with E-state index in [1.165, 1.54) is 11.3 Å². The molecule has 0 atom stereocenters. The molecule has 0 saturated carbocycles. The molecular weight excluding hydrogens is 403 g/mol. The van der Waals surface area contributed by atoms with Gasteiger partial charge in [0.15, 0.2) is 0 Å². The molecule has 7 heteroatoms. The third-order valence-electron chi connectivity index (χ3n) is 4.26. The maximum atomic E-state index is 12.5. The summed E-state index contributed by atoms with van der Waals surface area (Å²) in [6.07, 6.45) is 0.826. The average molecular weight is 419 g/mol. The summed E-state index contributed by atoms with van der Waals surface area (Å²) in [6, 6.07) is 14.8. The quantitative estimate of drug-likeness (QED) is 0.545. The van der Waals surface area contributed by atoms with Crippen LogP contribution in [0.1, 0.15) is 20.8 Å². The van der Waals surface area contributed by atoms with Crippen LogP contribution in [0.15, 0.2) is 48.5 Å². The van der Waals surface area contributed by atoms with Gasteiger partial charge in [0.2, 0.25) is 0 Å². The molecule has 138 valence electrons. The molecule has 0 aliphatic carbocycles. The fourth-order valence-electron chi connectivity index (χ4n) is 2.88. The molecule has 3 aromatic rings. The van der Waals surface area contributed by atoms with E-state index in [1.807, 2.05) is 30.3 Å². The van der Waals surface area contributed by atoms with Gasteiger partial charge in [-0.2, -0.15) is 0 Å². The van der Waals surface area contributed by atoms with Crippen LogP contribution in [0.25, 0.3) is 0 Å². The number of benzene rings is 2. The lowest BCUT2D eigenvalue weighted by Gasteiger charge is -2.11. The largest absolute Gasteiger partial charge is 0.493 e. The van der Waals surface area contributed by atoms with Crippen LogP contribution in [-0.2, 0) is 13.0 Å². The van der Waals surface area contributed by atoms with E-state index < -0.39 is 0 Å².